The number of aliphatic hydroxyl groups is 1. The van der Waals surface area contributed by atoms with Crippen LogP contribution in [0.2, 0.25) is 0 Å². The number of aliphatic hydroxyl groups excluding tert-OH is 1. The zero-order chi connectivity index (χ0) is 38.8. The molecule has 6 atom stereocenters. The third-order valence-electron chi connectivity index (χ3n) is 9.88. The number of likely N-dealkylation sites (tertiary alicyclic amines) is 1. The van der Waals surface area contributed by atoms with E-state index in [2.05, 4.69) is 37.8 Å². The van der Waals surface area contributed by atoms with Crippen molar-refractivity contribution in [3.8, 4) is 0 Å². The van der Waals surface area contributed by atoms with Crippen LogP contribution in [-0.4, -0.2) is 99.0 Å². The average molecular weight is 738 g/mol. The van der Waals surface area contributed by atoms with Crippen LogP contribution in [0.25, 0.3) is 0 Å². The van der Waals surface area contributed by atoms with Gasteiger partial charge >= 0.3 is 6.18 Å². The molecule has 52 heavy (non-hydrogen) atoms. The maximum atomic E-state index is 14.5. The van der Waals surface area contributed by atoms with E-state index >= 15 is 0 Å². The number of aromatic nitrogens is 2. The van der Waals surface area contributed by atoms with Crippen molar-refractivity contribution in [1.29, 1.82) is 0 Å². The van der Waals surface area contributed by atoms with Crippen molar-refractivity contribution in [1.82, 2.24) is 36.1 Å². The Hall–Kier alpha value is -4.08. The van der Waals surface area contributed by atoms with Crippen LogP contribution in [0.4, 0.5) is 13.2 Å². The van der Waals surface area contributed by atoms with Gasteiger partial charge in [-0.25, -0.2) is 4.98 Å². The third-order valence-corrected chi connectivity index (χ3v) is 9.88. The van der Waals surface area contributed by atoms with Gasteiger partial charge in [0, 0.05) is 31.9 Å². The Kier molecular flexibility index (Phi) is 15.1. The number of hydrogen-bond donors (Lipinski definition) is 5. The number of carbonyl (C=O) groups is 5. The second kappa shape index (κ2) is 18.6. The molecule has 0 spiro atoms. The highest BCUT2D eigenvalue weighted by molar-refractivity contribution is 5.98. The van der Waals surface area contributed by atoms with E-state index in [0.717, 1.165) is 19.3 Å². The van der Waals surface area contributed by atoms with Gasteiger partial charge in [0.1, 0.15) is 23.8 Å². The summed E-state index contributed by atoms with van der Waals surface area (Å²) in [5.74, 6) is -4.31. The van der Waals surface area contributed by atoms with Crippen molar-refractivity contribution >= 4 is 29.5 Å². The zero-order valence-corrected chi connectivity index (χ0v) is 30.7. The van der Waals surface area contributed by atoms with Crippen molar-refractivity contribution in [3.63, 3.8) is 0 Å². The molecule has 0 bridgehead atoms. The summed E-state index contributed by atoms with van der Waals surface area (Å²) in [5.41, 5.74) is -0.855. The number of rotatable bonds is 15. The summed E-state index contributed by atoms with van der Waals surface area (Å²) in [4.78, 5) is 77.7. The number of halogens is 3. The van der Waals surface area contributed by atoms with E-state index < -0.39 is 90.2 Å². The van der Waals surface area contributed by atoms with Gasteiger partial charge in [-0.05, 0) is 48.9 Å². The van der Waals surface area contributed by atoms with Crippen LogP contribution in [0.5, 0.6) is 0 Å². The summed E-state index contributed by atoms with van der Waals surface area (Å²) in [6.07, 6.45) is 1.10. The lowest BCUT2D eigenvalue weighted by Gasteiger charge is -2.38. The van der Waals surface area contributed by atoms with Crippen molar-refractivity contribution in [3.05, 3.63) is 36.9 Å². The highest BCUT2D eigenvalue weighted by Gasteiger charge is 2.48. The first-order chi connectivity index (χ1) is 24.4. The van der Waals surface area contributed by atoms with E-state index in [9.17, 15) is 42.3 Å². The van der Waals surface area contributed by atoms with E-state index in [1.807, 2.05) is 13.8 Å². The van der Waals surface area contributed by atoms with Gasteiger partial charge < -0.3 is 31.3 Å². The molecule has 16 heteroatoms. The molecule has 5 amide bonds. The average Bonchev–Trinajstić information content (AvgIpc) is 3.55. The summed E-state index contributed by atoms with van der Waals surface area (Å²) in [6.45, 7) is 12.5. The molecule has 2 unspecified atom stereocenters. The van der Waals surface area contributed by atoms with E-state index in [1.165, 1.54) is 29.6 Å². The fourth-order valence-electron chi connectivity index (χ4n) is 7.00. The van der Waals surface area contributed by atoms with Gasteiger partial charge in [0.15, 0.2) is 6.10 Å². The van der Waals surface area contributed by atoms with Crippen LogP contribution >= 0.6 is 0 Å². The standard InChI is InChI=1S/C36H54F3N7O6/c1-7-16-42-33(51)28(47)24(13-15-36(37,38)39)43-32(50)27-23(21(2)3)14-19-46(27)34(52)29(35(4,5)6)45-31(49)26(22-11-9-8-10-12-22)44-30(48)25-20-40-17-18-41-25/h7,17-18,20-24,26-29,47H,1,8-16,19H2,2-6H3,(H,42,51)(H,43,50)(H,44,48)(H,45,49)/t23-,24?,26+,27+,28?,29-/m1/s1. The van der Waals surface area contributed by atoms with Crippen LogP contribution in [0.15, 0.2) is 31.2 Å². The van der Waals surface area contributed by atoms with Gasteiger partial charge in [0.05, 0.1) is 12.2 Å². The van der Waals surface area contributed by atoms with Crippen molar-refractivity contribution in [2.75, 3.05) is 13.1 Å². The Balaban J connectivity index is 1.91. The lowest BCUT2D eigenvalue weighted by molar-refractivity contribution is -0.148. The molecule has 1 saturated heterocycles. The van der Waals surface area contributed by atoms with Crippen LogP contribution in [0.1, 0.15) is 96.5 Å². The Morgan fingerprint density at radius 1 is 1.00 bits per heavy atom. The van der Waals surface area contributed by atoms with Gasteiger partial charge in [0.2, 0.25) is 17.7 Å². The van der Waals surface area contributed by atoms with Crippen molar-refractivity contribution in [2.24, 2.45) is 23.2 Å². The maximum absolute atomic E-state index is 14.5. The molecular formula is C36H54F3N7O6. The number of carbonyl (C=O) groups excluding carboxylic acids is 5. The SMILES string of the molecule is C=CCNC(=O)C(O)C(CCC(F)(F)F)NC(=O)[C@@H]1[C@@H](C(C)C)CCN1C(=O)[C@@H](NC(=O)[C@@H](NC(=O)c1cnccn1)C1CCCCC1)C(C)(C)C. The Labute approximate surface area is 303 Å². The highest BCUT2D eigenvalue weighted by atomic mass is 19.4. The normalized spacial score (nSPS) is 20.7. The highest BCUT2D eigenvalue weighted by Crippen LogP contribution is 2.34. The lowest BCUT2D eigenvalue weighted by atomic mass is 9.82. The first-order valence-electron chi connectivity index (χ1n) is 18.0. The van der Waals surface area contributed by atoms with Crippen LogP contribution < -0.4 is 21.3 Å². The van der Waals surface area contributed by atoms with Crippen LogP contribution in [0.3, 0.4) is 0 Å². The molecule has 1 aromatic rings. The third kappa shape index (κ3) is 11.7. The maximum Gasteiger partial charge on any atom is 0.389 e. The van der Waals surface area contributed by atoms with E-state index in [0.29, 0.717) is 19.3 Å². The second-order valence-corrected chi connectivity index (χ2v) is 15.2. The molecule has 3 rings (SSSR count). The van der Waals surface area contributed by atoms with Crippen molar-refractivity contribution < 1.29 is 42.3 Å². The fourth-order valence-corrected chi connectivity index (χ4v) is 7.00. The van der Waals surface area contributed by atoms with Gasteiger partial charge in [-0.15, -0.1) is 6.58 Å². The quantitative estimate of drug-likeness (QED) is 0.170. The van der Waals surface area contributed by atoms with Gasteiger partial charge in [0.25, 0.3) is 11.8 Å². The predicted molar refractivity (Wildman–Crippen MR) is 186 cm³/mol. The van der Waals surface area contributed by atoms with Crippen LogP contribution in [-0.2, 0) is 19.2 Å². The monoisotopic (exact) mass is 737 g/mol. The zero-order valence-electron chi connectivity index (χ0n) is 30.7. The largest absolute Gasteiger partial charge is 0.389 e. The molecule has 5 N–H and O–H groups in total. The van der Waals surface area contributed by atoms with E-state index in [4.69, 9.17) is 0 Å². The predicted octanol–water partition coefficient (Wildman–Crippen LogP) is 3.05. The number of amides is 5. The molecule has 2 aliphatic rings. The van der Waals surface area contributed by atoms with Crippen molar-refractivity contribution in [2.45, 2.75) is 122 Å². The van der Waals surface area contributed by atoms with Gasteiger partial charge in [-0.3, -0.25) is 29.0 Å². The summed E-state index contributed by atoms with van der Waals surface area (Å²) in [6, 6.07) is -4.94. The van der Waals surface area contributed by atoms with Gasteiger partial charge in [-0.2, -0.15) is 13.2 Å². The summed E-state index contributed by atoms with van der Waals surface area (Å²) >= 11 is 0. The number of nitrogens with one attached hydrogen (secondary N) is 4. The summed E-state index contributed by atoms with van der Waals surface area (Å²) in [7, 11) is 0. The molecule has 1 aliphatic carbocycles. The molecule has 0 aromatic carbocycles. The molecule has 1 aliphatic heterocycles. The number of nitrogens with zero attached hydrogens (tertiary/aromatic N) is 3. The number of hydrogen-bond acceptors (Lipinski definition) is 8. The fraction of sp³-hybridized carbons (Fsp3) is 0.694. The van der Waals surface area contributed by atoms with Gasteiger partial charge in [-0.1, -0.05) is 60.0 Å². The smallest absolute Gasteiger partial charge is 0.381 e. The molecular weight excluding hydrogens is 683 g/mol. The summed E-state index contributed by atoms with van der Waals surface area (Å²) < 4.78 is 39.8. The molecule has 2 fully saturated rings. The molecule has 2 heterocycles. The topological polar surface area (TPSA) is 183 Å². The summed E-state index contributed by atoms with van der Waals surface area (Å²) in [5, 5.41) is 21.2. The van der Waals surface area contributed by atoms with E-state index in [1.54, 1.807) is 20.8 Å². The minimum absolute atomic E-state index is 0.0297. The number of alkyl halides is 3. The minimum Gasteiger partial charge on any atom is -0.381 e. The molecule has 290 valence electrons. The Morgan fingerprint density at radius 2 is 1.67 bits per heavy atom. The van der Waals surface area contributed by atoms with E-state index in [-0.39, 0.29) is 30.6 Å². The first-order valence-corrected chi connectivity index (χ1v) is 18.0. The molecule has 0 radical (unpaired) electrons. The molecule has 1 saturated carbocycles. The Morgan fingerprint density at radius 3 is 2.23 bits per heavy atom. The molecule has 1 aromatic heterocycles. The molecule has 13 nitrogen and oxygen atoms in total. The Bertz CT molecular complexity index is 1400. The lowest BCUT2D eigenvalue weighted by Crippen LogP contribution is -2.62. The van der Waals surface area contributed by atoms with Crippen LogP contribution in [0, 0.1) is 23.2 Å². The first kappa shape index (κ1) is 42.3. The second-order valence-electron chi connectivity index (χ2n) is 15.2. The minimum atomic E-state index is -4.63.